The third-order valence-electron chi connectivity index (χ3n) is 6.62. The first kappa shape index (κ1) is 23.2. The first-order chi connectivity index (χ1) is 16.1. The number of hydrogen-bond donors (Lipinski definition) is 0. The van der Waals surface area contributed by atoms with Gasteiger partial charge in [-0.15, -0.1) is 10.2 Å². The van der Waals surface area contributed by atoms with E-state index in [0.717, 1.165) is 63.7 Å². The summed E-state index contributed by atoms with van der Waals surface area (Å²) in [5.74, 6) is 1.90. The van der Waals surface area contributed by atoms with Crippen molar-refractivity contribution in [2.24, 2.45) is 11.8 Å². The number of benzene rings is 1. The van der Waals surface area contributed by atoms with Crippen LogP contribution in [-0.2, 0) is 4.79 Å². The SMILES string of the molecule is N#Cc1ccc(OC2CCC(CC(=O)c3ccc(N4CCC(C=O)CC4)nn3)CC2)cc1Cl. The molecule has 0 bridgehead atoms. The van der Waals surface area contributed by atoms with Crippen LogP contribution in [0.4, 0.5) is 5.82 Å². The molecule has 1 aromatic carbocycles. The number of aromatic nitrogens is 2. The molecule has 33 heavy (non-hydrogen) atoms. The summed E-state index contributed by atoms with van der Waals surface area (Å²) >= 11 is 6.09. The number of ketones is 1. The molecule has 0 unspecified atom stereocenters. The van der Waals surface area contributed by atoms with E-state index in [9.17, 15) is 9.59 Å². The molecule has 7 nitrogen and oxygen atoms in total. The summed E-state index contributed by atoms with van der Waals surface area (Å²) in [5.41, 5.74) is 0.844. The van der Waals surface area contributed by atoms with E-state index in [4.69, 9.17) is 21.6 Å². The van der Waals surface area contributed by atoms with E-state index in [1.54, 1.807) is 24.3 Å². The van der Waals surface area contributed by atoms with Gasteiger partial charge in [-0.3, -0.25) is 4.79 Å². The molecule has 1 saturated heterocycles. The second-order valence-electron chi connectivity index (χ2n) is 8.88. The Morgan fingerprint density at radius 3 is 2.48 bits per heavy atom. The molecule has 2 heterocycles. The van der Waals surface area contributed by atoms with Gasteiger partial charge in [0.05, 0.1) is 16.7 Å². The molecule has 172 valence electrons. The number of Topliss-reactive ketones (excluding diaryl/α,β-unsaturated/α-hetero) is 1. The summed E-state index contributed by atoms with van der Waals surface area (Å²) in [4.78, 5) is 25.8. The van der Waals surface area contributed by atoms with E-state index in [1.807, 2.05) is 12.1 Å². The van der Waals surface area contributed by atoms with Gasteiger partial charge in [0.1, 0.15) is 23.8 Å². The van der Waals surface area contributed by atoms with Crippen LogP contribution >= 0.6 is 11.6 Å². The normalized spacial score (nSPS) is 21.3. The molecule has 0 spiro atoms. The van der Waals surface area contributed by atoms with Crippen LogP contribution in [0.5, 0.6) is 5.75 Å². The zero-order chi connectivity index (χ0) is 23.2. The zero-order valence-electron chi connectivity index (χ0n) is 18.5. The van der Waals surface area contributed by atoms with Crippen molar-refractivity contribution in [3.63, 3.8) is 0 Å². The van der Waals surface area contributed by atoms with Gasteiger partial charge in [0, 0.05) is 31.5 Å². The fourth-order valence-electron chi connectivity index (χ4n) is 4.58. The van der Waals surface area contributed by atoms with Gasteiger partial charge < -0.3 is 14.4 Å². The largest absolute Gasteiger partial charge is 0.490 e. The molecule has 8 heteroatoms. The van der Waals surface area contributed by atoms with Gasteiger partial charge in [-0.1, -0.05) is 11.6 Å². The Balaban J connectivity index is 1.24. The van der Waals surface area contributed by atoms with Crippen LogP contribution in [-0.4, -0.2) is 41.5 Å². The smallest absolute Gasteiger partial charge is 0.183 e. The Labute approximate surface area is 198 Å². The number of rotatable bonds is 7. The zero-order valence-corrected chi connectivity index (χ0v) is 19.2. The first-order valence-corrected chi connectivity index (χ1v) is 11.9. The van der Waals surface area contributed by atoms with E-state index in [0.29, 0.717) is 34.4 Å². The lowest BCUT2D eigenvalue weighted by atomic mass is 9.84. The minimum absolute atomic E-state index is 0.0250. The number of carbonyl (C=O) groups excluding carboxylic acids is 2. The monoisotopic (exact) mass is 466 g/mol. The minimum Gasteiger partial charge on any atom is -0.490 e. The van der Waals surface area contributed by atoms with Gasteiger partial charge >= 0.3 is 0 Å². The Hall–Kier alpha value is -2.98. The quantitative estimate of drug-likeness (QED) is 0.433. The number of anilines is 1. The summed E-state index contributed by atoms with van der Waals surface area (Å²) in [5, 5.41) is 17.8. The number of halogens is 1. The number of piperidine rings is 1. The molecule has 0 radical (unpaired) electrons. The molecular weight excluding hydrogens is 440 g/mol. The molecule has 0 amide bonds. The second kappa shape index (κ2) is 10.8. The molecule has 1 aliphatic carbocycles. The summed E-state index contributed by atoms with van der Waals surface area (Å²) in [6.45, 7) is 1.57. The predicted molar refractivity (Wildman–Crippen MR) is 125 cm³/mol. The summed E-state index contributed by atoms with van der Waals surface area (Å²) in [6, 6.07) is 10.8. The summed E-state index contributed by atoms with van der Waals surface area (Å²) in [6.07, 6.45) is 6.82. The number of nitrogens with zero attached hydrogens (tertiary/aromatic N) is 4. The number of aldehydes is 1. The average molecular weight is 467 g/mol. The van der Waals surface area contributed by atoms with E-state index in [-0.39, 0.29) is 17.8 Å². The van der Waals surface area contributed by atoms with Crippen molar-refractivity contribution in [3.8, 4) is 11.8 Å². The lowest BCUT2D eigenvalue weighted by molar-refractivity contribution is -0.111. The molecule has 0 atom stereocenters. The maximum atomic E-state index is 12.7. The highest BCUT2D eigenvalue weighted by molar-refractivity contribution is 6.31. The van der Waals surface area contributed by atoms with Gasteiger partial charge in [-0.2, -0.15) is 5.26 Å². The number of ether oxygens (including phenoxy) is 1. The molecule has 1 aliphatic heterocycles. The highest BCUT2D eigenvalue weighted by Gasteiger charge is 2.26. The number of carbonyl (C=O) groups is 2. The number of hydrogen-bond acceptors (Lipinski definition) is 7. The molecule has 2 aromatic rings. The molecule has 1 saturated carbocycles. The molecule has 4 rings (SSSR count). The van der Waals surface area contributed by atoms with E-state index >= 15 is 0 Å². The van der Waals surface area contributed by atoms with E-state index in [1.165, 1.54) is 0 Å². The van der Waals surface area contributed by atoms with Crippen molar-refractivity contribution in [3.05, 3.63) is 46.6 Å². The predicted octanol–water partition coefficient (Wildman–Crippen LogP) is 4.63. The van der Waals surface area contributed by atoms with Crippen molar-refractivity contribution >= 4 is 29.5 Å². The van der Waals surface area contributed by atoms with E-state index in [2.05, 4.69) is 15.1 Å². The topological polar surface area (TPSA) is 96.2 Å². The fourth-order valence-corrected chi connectivity index (χ4v) is 4.79. The van der Waals surface area contributed by atoms with Crippen LogP contribution in [0, 0.1) is 23.2 Å². The van der Waals surface area contributed by atoms with Gasteiger partial charge in [-0.25, -0.2) is 0 Å². The fraction of sp³-hybridized carbons (Fsp3) is 0.480. The van der Waals surface area contributed by atoms with Crippen LogP contribution in [0.25, 0.3) is 0 Å². The maximum absolute atomic E-state index is 12.7. The van der Waals surface area contributed by atoms with Crippen molar-refractivity contribution in [2.45, 2.75) is 51.0 Å². The Kier molecular flexibility index (Phi) is 7.56. The van der Waals surface area contributed by atoms with Crippen molar-refractivity contribution < 1.29 is 14.3 Å². The van der Waals surface area contributed by atoms with Crippen molar-refractivity contribution in [1.29, 1.82) is 5.26 Å². The standard InChI is InChI=1S/C25H27ClN4O3/c26-22-14-21(6-3-19(22)15-27)33-20-4-1-17(2-5-20)13-24(32)23-7-8-25(29-28-23)30-11-9-18(16-31)10-12-30/h3,6-8,14,16-18,20H,1-2,4-5,9-13H2. The van der Waals surface area contributed by atoms with Gasteiger partial charge in [0.25, 0.3) is 0 Å². The first-order valence-electron chi connectivity index (χ1n) is 11.5. The Morgan fingerprint density at radius 1 is 1.12 bits per heavy atom. The van der Waals surface area contributed by atoms with Crippen molar-refractivity contribution in [2.75, 3.05) is 18.0 Å². The van der Waals surface area contributed by atoms with Gasteiger partial charge in [-0.05, 0) is 68.7 Å². The molecule has 2 fully saturated rings. The van der Waals surface area contributed by atoms with Crippen LogP contribution in [0.1, 0.15) is 61.0 Å². The third kappa shape index (κ3) is 5.88. The van der Waals surface area contributed by atoms with Crippen LogP contribution in [0.3, 0.4) is 0 Å². The number of nitriles is 1. The molecule has 1 aromatic heterocycles. The van der Waals surface area contributed by atoms with Gasteiger partial charge in [0.2, 0.25) is 0 Å². The van der Waals surface area contributed by atoms with Gasteiger partial charge in [0.15, 0.2) is 11.6 Å². The second-order valence-corrected chi connectivity index (χ2v) is 9.29. The highest BCUT2D eigenvalue weighted by Crippen LogP contribution is 2.31. The van der Waals surface area contributed by atoms with Crippen LogP contribution < -0.4 is 9.64 Å². The maximum Gasteiger partial charge on any atom is 0.183 e. The van der Waals surface area contributed by atoms with Crippen LogP contribution in [0.2, 0.25) is 5.02 Å². The lowest BCUT2D eigenvalue weighted by Crippen LogP contribution is -2.34. The third-order valence-corrected chi connectivity index (χ3v) is 6.94. The summed E-state index contributed by atoms with van der Waals surface area (Å²) < 4.78 is 6.03. The van der Waals surface area contributed by atoms with Crippen molar-refractivity contribution in [1.82, 2.24) is 10.2 Å². The highest BCUT2D eigenvalue weighted by atomic mass is 35.5. The summed E-state index contributed by atoms with van der Waals surface area (Å²) in [7, 11) is 0. The molecule has 2 aliphatic rings. The van der Waals surface area contributed by atoms with E-state index < -0.39 is 0 Å². The molecular formula is C25H27ClN4O3. The lowest BCUT2D eigenvalue weighted by Gasteiger charge is -2.30. The Morgan fingerprint density at radius 2 is 1.88 bits per heavy atom. The Bertz CT molecular complexity index is 1020. The van der Waals surface area contributed by atoms with Crippen LogP contribution in [0.15, 0.2) is 30.3 Å². The molecule has 0 N–H and O–H groups in total. The average Bonchev–Trinajstić information content (AvgIpc) is 2.85. The minimum atomic E-state index is 0.0250.